The second-order valence-electron chi connectivity index (χ2n) is 12.9. The first-order chi connectivity index (χ1) is 22.5. The molecule has 1 saturated heterocycles. The van der Waals surface area contributed by atoms with Crippen molar-refractivity contribution in [2.75, 3.05) is 19.7 Å². The Hall–Kier alpha value is -4.74. The molecule has 12 heteroatoms. The standard InChI is InChI=1S/C35H43N5O7/c1-20(2)18-28-35(46)40-16-5-8-29(40)34(45)36-15-17-47-23-11-9-22(10-12-23)19-27(33(44)37-21(3)31(42)39-28)38-32(43)26-7-4-6-25-24(26)13-14-30(25)41/h4,6-7,9-12,20-21,27-29H,5,8,13-19H2,1-3H3,(H,36,45)(H,37,44)(H,38,43)(H,39,42)/t21-,27+,28+,29-/m1/s1. The maximum absolute atomic E-state index is 13.7. The van der Waals surface area contributed by atoms with Gasteiger partial charge in [-0.2, -0.15) is 0 Å². The summed E-state index contributed by atoms with van der Waals surface area (Å²) < 4.78 is 5.81. The van der Waals surface area contributed by atoms with Crippen molar-refractivity contribution < 1.29 is 33.5 Å². The molecule has 1 fully saturated rings. The van der Waals surface area contributed by atoms with Crippen LogP contribution in [0, 0.1) is 5.92 Å². The number of amides is 5. The number of hydrogen-bond acceptors (Lipinski definition) is 7. The number of carbonyl (C=O) groups excluding carboxylic acids is 6. The summed E-state index contributed by atoms with van der Waals surface area (Å²) in [5.41, 5.74) is 2.25. The smallest absolute Gasteiger partial charge is 0.252 e. The van der Waals surface area contributed by atoms with Crippen LogP contribution in [0.1, 0.15) is 78.3 Å². The van der Waals surface area contributed by atoms with E-state index in [0.29, 0.717) is 61.1 Å². The molecule has 4 N–H and O–H groups in total. The number of hydrogen-bond donors (Lipinski definition) is 4. The van der Waals surface area contributed by atoms with Crippen LogP contribution < -0.4 is 26.0 Å². The molecule has 1 aliphatic carbocycles. The number of fused-ring (bicyclic) bond motifs is 15. The summed E-state index contributed by atoms with van der Waals surface area (Å²) in [6.45, 7) is 6.24. The van der Waals surface area contributed by atoms with Crippen LogP contribution in [0.4, 0.5) is 0 Å². The average Bonchev–Trinajstić information content (AvgIpc) is 3.69. The van der Waals surface area contributed by atoms with E-state index < -0.39 is 41.9 Å². The van der Waals surface area contributed by atoms with E-state index in [-0.39, 0.29) is 43.1 Å². The highest BCUT2D eigenvalue weighted by molar-refractivity contribution is 6.06. The van der Waals surface area contributed by atoms with Gasteiger partial charge in [0.1, 0.15) is 36.5 Å². The zero-order chi connectivity index (χ0) is 33.7. The Kier molecular flexibility index (Phi) is 10.6. The van der Waals surface area contributed by atoms with Crippen LogP contribution in [0.5, 0.6) is 5.75 Å². The molecule has 0 unspecified atom stereocenters. The van der Waals surface area contributed by atoms with Crippen molar-refractivity contribution in [3.63, 3.8) is 0 Å². The lowest BCUT2D eigenvalue weighted by Crippen LogP contribution is -2.58. The number of rotatable bonds is 4. The van der Waals surface area contributed by atoms with Crippen molar-refractivity contribution >= 4 is 35.3 Å². The van der Waals surface area contributed by atoms with Crippen LogP contribution in [-0.2, 0) is 32.0 Å². The topological polar surface area (TPSA) is 163 Å². The molecule has 2 aromatic carbocycles. The van der Waals surface area contributed by atoms with Gasteiger partial charge in [-0.1, -0.05) is 38.1 Å². The van der Waals surface area contributed by atoms with Gasteiger partial charge in [-0.05, 0) is 67.9 Å². The van der Waals surface area contributed by atoms with E-state index in [4.69, 9.17) is 4.74 Å². The third-order valence-corrected chi connectivity index (χ3v) is 8.89. The molecule has 250 valence electrons. The molecule has 47 heavy (non-hydrogen) atoms. The molecule has 2 bridgehead atoms. The Morgan fingerprint density at radius 3 is 2.49 bits per heavy atom. The Morgan fingerprint density at radius 2 is 1.74 bits per heavy atom. The molecular formula is C35H43N5O7. The molecule has 0 aromatic heterocycles. The van der Waals surface area contributed by atoms with E-state index in [9.17, 15) is 28.8 Å². The first-order valence-electron chi connectivity index (χ1n) is 16.4. The summed E-state index contributed by atoms with van der Waals surface area (Å²) in [6.07, 6.45) is 2.42. The van der Waals surface area contributed by atoms with Gasteiger partial charge in [-0.3, -0.25) is 28.8 Å². The van der Waals surface area contributed by atoms with Gasteiger partial charge < -0.3 is 30.9 Å². The van der Waals surface area contributed by atoms with Gasteiger partial charge in [0, 0.05) is 30.5 Å². The lowest BCUT2D eigenvalue weighted by Gasteiger charge is -2.30. The number of nitrogens with one attached hydrogen (secondary N) is 4. The van der Waals surface area contributed by atoms with Crippen molar-refractivity contribution in [3.8, 4) is 5.75 Å². The molecular weight excluding hydrogens is 602 g/mol. The number of ketones is 1. The Balaban J connectivity index is 1.40. The van der Waals surface area contributed by atoms with Crippen LogP contribution in [0.25, 0.3) is 0 Å². The van der Waals surface area contributed by atoms with Crippen LogP contribution in [0.15, 0.2) is 42.5 Å². The van der Waals surface area contributed by atoms with E-state index in [0.717, 1.165) is 5.56 Å². The minimum atomic E-state index is -1.06. The first-order valence-corrected chi connectivity index (χ1v) is 16.4. The first kappa shape index (κ1) is 33.6. The normalized spacial score (nSPS) is 24.2. The summed E-state index contributed by atoms with van der Waals surface area (Å²) in [5, 5.41) is 11.2. The predicted octanol–water partition coefficient (Wildman–Crippen LogP) is 1.69. The summed E-state index contributed by atoms with van der Waals surface area (Å²) in [5.74, 6) is -1.63. The summed E-state index contributed by atoms with van der Waals surface area (Å²) in [6, 6.07) is 8.41. The second-order valence-corrected chi connectivity index (χ2v) is 12.9. The zero-order valence-corrected chi connectivity index (χ0v) is 27.1. The molecule has 0 saturated carbocycles. The van der Waals surface area contributed by atoms with Gasteiger partial charge >= 0.3 is 0 Å². The summed E-state index contributed by atoms with van der Waals surface area (Å²) in [4.78, 5) is 81.3. The third kappa shape index (κ3) is 7.98. The van der Waals surface area contributed by atoms with Gasteiger partial charge in [-0.15, -0.1) is 0 Å². The lowest BCUT2D eigenvalue weighted by molar-refractivity contribution is -0.142. The number of carbonyl (C=O) groups is 6. The molecule has 4 aliphatic rings. The quantitative estimate of drug-likeness (QED) is 0.393. The predicted molar refractivity (Wildman–Crippen MR) is 173 cm³/mol. The highest BCUT2D eigenvalue weighted by Crippen LogP contribution is 2.26. The van der Waals surface area contributed by atoms with Gasteiger partial charge in [-0.25, -0.2) is 0 Å². The molecule has 5 amide bonds. The van der Waals surface area contributed by atoms with Crippen molar-refractivity contribution in [3.05, 3.63) is 64.7 Å². The highest BCUT2D eigenvalue weighted by atomic mass is 16.5. The molecule has 6 rings (SSSR count). The third-order valence-electron chi connectivity index (χ3n) is 8.89. The number of Topliss-reactive ketones (excluding diaryl/α,β-unsaturated/α-hetero) is 1. The van der Waals surface area contributed by atoms with Gasteiger partial charge in [0.2, 0.25) is 23.6 Å². The second kappa shape index (κ2) is 14.8. The highest BCUT2D eigenvalue weighted by Gasteiger charge is 2.38. The summed E-state index contributed by atoms with van der Waals surface area (Å²) >= 11 is 0. The Bertz CT molecular complexity index is 1540. The van der Waals surface area contributed by atoms with E-state index >= 15 is 0 Å². The van der Waals surface area contributed by atoms with Crippen LogP contribution in [0.3, 0.4) is 0 Å². The lowest BCUT2D eigenvalue weighted by atomic mass is 10.0. The number of ether oxygens (including phenoxy) is 1. The number of nitrogens with zero attached hydrogens (tertiary/aromatic N) is 1. The van der Waals surface area contributed by atoms with E-state index in [1.807, 2.05) is 13.8 Å². The minimum absolute atomic E-state index is 0.0195. The molecule has 2 aromatic rings. The van der Waals surface area contributed by atoms with Crippen molar-refractivity contribution in [2.45, 2.75) is 83.5 Å². The fraction of sp³-hybridized carbons (Fsp3) is 0.486. The Labute approximate surface area is 274 Å². The zero-order valence-electron chi connectivity index (χ0n) is 27.1. The Morgan fingerprint density at radius 1 is 0.979 bits per heavy atom. The van der Waals surface area contributed by atoms with Gasteiger partial charge in [0.25, 0.3) is 5.91 Å². The van der Waals surface area contributed by atoms with Crippen LogP contribution in [0.2, 0.25) is 0 Å². The average molecular weight is 646 g/mol. The van der Waals surface area contributed by atoms with Crippen LogP contribution >= 0.6 is 0 Å². The fourth-order valence-electron chi connectivity index (χ4n) is 6.44. The van der Waals surface area contributed by atoms with Crippen LogP contribution in [-0.4, -0.2) is 84.1 Å². The van der Waals surface area contributed by atoms with Gasteiger partial charge in [0.05, 0.1) is 6.54 Å². The number of benzene rings is 2. The summed E-state index contributed by atoms with van der Waals surface area (Å²) in [7, 11) is 0. The largest absolute Gasteiger partial charge is 0.492 e. The molecule has 3 aliphatic heterocycles. The molecule has 4 atom stereocenters. The van der Waals surface area contributed by atoms with E-state index in [1.165, 1.54) is 11.8 Å². The molecule has 12 nitrogen and oxygen atoms in total. The monoisotopic (exact) mass is 645 g/mol. The van der Waals surface area contributed by atoms with E-state index in [2.05, 4.69) is 21.3 Å². The molecule has 3 heterocycles. The fourth-order valence-corrected chi connectivity index (χ4v) is 6.44. The van der Waals surface area contributed by atoms with Crippen molar-refractivity contribution in [1.29, 1.82) is 0 Å². The molecule has 0 spiro atoms. The SMILES string of the molecule is CC(C)C[C@@H]1NC(=O)[C@@H](C)NC(=O)[C@@H](NC(=O)c2cccc3c2CCC3=O)Cc2ccc(cc2)OCCNC(=O)[C@H]2CCCN2C1=O. The maximum atomic E-state index is 13.7. The van der Waals surface area contributed by atoms with Crippen molar-refractivity contribution in [1.82, 2.24) is 26.2 Å². The van der Waals surface area contributed by atoms with E-state index in [1.54, 1.807) is 42.5 Å². The van der Waals surface area contributed by atoms with Crippen molar-refractivity contribution in [2.24, 2.45) is 5.92 Å². The maximum Gasteiger partial charge on any atom is 0.252 e. The molecule has 0 radical (unpaired) electrons. The minimum Gasteiger partial charge on any atom is -0.492 e. The van der Waals surface area contributed by atoms with Gasteiger partial charge in [0.15, 0.2) is 5.78 Å².